The van der Waals surface area contributed by atoms with Crippen molar-refractivity contribution in [3.63, 3.8) is 0 Å². The Morgan fingerprint density at radius 3 is 2.44 bits per heavy atom. The van der Waals surface area contributed by atoms with Crippen LogP contribution in [0.3, 0.4) is 0 Å². The highest BCUT2D eigenvalue weighted by Gasteiger charge is 2.29. The van der Waals surface area contributed by atoms with E-state index in [1.54, 1.807) is 13.1 Å². The number of nitrogens with one attached hydrogen (secondary N) is 1. The summed E-state index contributed by atoms with van der Waals surface area (Å²) < 4.78 is 27.3. The van der Waals surface area contributed by atoms with Gasteiger partial charge in [-0.15, -0.1) is 0 Å². The summed E-state index contributed by atoms with van der Waals surface area (Å²) >= 11 is 0. The molecule has 1 amide bonds. The van der Waals surface area contributed by atoms with Crippen LogP contribution in [0.1, 0.15) is 31.2 Å². The highest BCUT2D eigenvalue weighted by Crippen LogP contribution is 2.20. The number of carbonyl (C=O) groups is 1. The minimum absolute atomic E-state index is 0.00178. The molecule has 2 aromatic rings. The molecular formula is C19H26N4O3S. The van der Waals surface area contributed by atoms with Gasteiger partial charge in [0.05, 0.1) is 5.75 Å². The lowest BCUT2D eigenvalue weighted by Gasteiger charge is -2.30. The molecule has 0 radical (unpaired) electrons. The summed E-state index contributed by atoms with van der Waals surface area (Å²) in [7, 11) is -3.16. The number of rotatable bonds is 6. The molecule has 0 bridgehead atoms. The predicted molar refractivity (Wildman–Crippen MR) is 104 cm³/mol. The number of benzene rings is 1. The van der Waals surface area contributed by atoms with Crippen LogP contribution >= 0.6 is 0 Å². The van der Waals surface area contributed by atoms with Crippen LogP contribution in [0.4, 0.5) is 0 Å². The van der Waals surface area contributed by atoms with E-state index in [-0.39, 0.29) is 17.6 Å². The van der Waals surface area contributed by atoms with E-state index in [9.17, 15) is 13.2 Å². The Morgan fingerprint density at radius 1 is 1.22 bits per heavy atom. The van der Waals surface area contributed by atoms with Crippen molar-refractivity contribution in [3.8, 4) is 5.69 Å². The lowest BCUT2D eigenvalue weighted by atomic mass is 9.97. The van der Waals surface area contributed by atoms with Gasteiger partial charge in [0.15, 0.2) is 0 Å². The topological polar surface area (TPSA) is 84.3 Å². The molecule has 0 saturated carbocycles. The van der Waals surface area contributed by atoms with E-state index in [1.165, 1.54) is 4.31 Å². The lowest BCUT2D eigenvalue weighted by Crippen LogP contribution is -2.43. The average Bonchev–Trinajstić information content (AvgIpc) is 3.12. The fourth-order valence-electron chi connectivity index (χ4n) is 3.34. The Balaban J connectivity index is 1.50. The van der Waals surface area contributed by atoms with E-state index in [1.807, 2.05) is 42.0 Å². The molecule has 0 spiro atoms. The maximum absolute atomic E-state index is 12.4. The first-order valence-corrected chi connectivity index (χ1v) is 10.9. The van der Waals surface area contributed by atoms with Crippen molar-refractivity contribution >= 4 is 15.9 Å². The van der Waals surface area contributed by atoms with Gasteiger partial charge >= 0.3 is 0 Å². The van der Waals surface area contributed by atoms with Crippen LogP contribution in [0, 0.1) is 12.8 Å². The molecule has 1 saturated heterocycles. The zero-order valence-corrected chi connectivity index (χ0v) is 16.6. The number of imidazole rings is 1. The van der Waals surface area contributed by atoms with E-state index in [2.05, 4.69) is 10.3 Å². The van der Waals surface area contributed by atoms with E-state index in [0.717, 1.165) is 17.1 Å². The van der Waals surface area contributed by atoms with Crippen LogP contribution in [-0.2, 0) is 21.4 Å². The first-order valence-electron chi connectivity index (χ1n) is 9.25. The van der Waals surface area contributed by atoms with Gasteiger partial charge in [0.1, 0.15) is 5.82 Å². The monoisotopic (exact) mass is 390 g/mol. The summed E-state index contributed by atoms with van der Waals surface area (Å²) in [6.45, 7) is 4.91. The number of aromatic nitrogens is 2. The van der Waals surface area contributed by atoms with E-state index in [0.29, 0.717) is 32.5 Å². The maximum Gasteiger partial charge on any atom is 0.223 e. The van der Waals surface area contributed by atoms with Gasteiger partial charge in [-0.2, -0.15) is 0 Å². The molecule has 0 aliphatic carbocycles. The van der Waals surface area contributed by atoms with E-state index < -0.39 is 10.0 Å². The number of piperidine rings is 1. The fourth-order valence-corrected chi connectivity index (χ4v) is 4.47. The number of hydrogen-bond donors (Lipinski definition) is 1. The van der Waals surface area contributed by atoms with Gasteiger partial charge in [0.2, 0.25) is 15.9 Å². The summed E-state index contributed by atoms with van der Waals surface area (Å²) in [5, 5.41) is 2.98. The van der Waals surface area contributed by atoms with Gasteiger partial charge in [-0.3, -0.25) is 4.79 Å². The highest BCUT2D eigenvalue weighted by molar-refractivity contribution is 7.89. The zero-order chi connectivity index (χ0) is 19.4. The number of sulfonamides is 1. The Kier molecular flexibility index (Phi) is 5.96. The van der Waals surface area contributed by atoms with Crippen molar-refractivity contribution < 1.29 is 13.2 Å². The lowest BCUT2D eigenvalue weighted by molar-refractivity contribution is -0.126. The van der Waals surface area contributed by atoms with Gasteiger partial charge in [0.25, 0.3) is 0 Å². The molecule has 3 rings (SSSR count). The van der Waals surface area contributed by atoms with Gasteiger partial charge in [-0.05, 0) is 44.4 Å². The number of hydrogen-bond acceptors (Lipinski definition) is 4. The van der Waals surface area contributed by atoms with Gasteiger partial charge in [-0.25, -0.2) is 17.7 Å². The van der Waals surface area contributed by atoms with Crippen LogP contribution in [0.5, 0.6) is 0 Å². The number of aryl methyl sites for hydroxylation is 1. The molecule has 0 unspecified atom stereocenters. The summed E-state index contributed by atoms with van der Waals surface area (Å²) in [6.07, 6.45) is 4.82. The Morgan fingerprint density at radius 2 is 1.89 bits per heavy atom. The third-order valence-corrected chi connectivity index (χ3v) is 6.97. The van der Waals surface area contributed by atoms with Crippen LogP contribution in [0.25, 0.3) is 5.69 Å². The minimum Gasteiger partial charge on any atom is -0.352 e. The Labute approximate surface area is 160 Å². The Hall–Kier alpha value is -2.19. The fraction of sp³-hybridized carbons (Fsp3) is 0.474. The molecule has 146 valence electrons. The van der Waals surface area contributed by atoms with Crippen molar-refractivity contribution in [3.05, 3.63) is 48.0 Å². The number of nitrogens with zero attached hydrogens (tertiary/aromatic N) is 3. The zero-order valence-electron chi connectivity index (χ0n) is 15.8. The minimum atomic E-state index is -3.16. The third kappa shape index (κ3) is 4.56. The van der Waals surface area contributed by atoms with Crippen molar-refractivity contribution in [2.45, 2.75) is 33.2 Å². The smallest absolute Gasteiger partial charge is 0.223 e. The SMILES string of the molecule is CCS(=O)(=O)N1CCC(C(=O)NCc2ccc(-n3ccnc3C)cc2)CC1. The third-order valence-electron chi connectivity index (χ3n) is 5.09. The molecule has 0 atom stereocenters. The average molecular weight is 391 g/mol. The largest absolute Gasteiger partial charge is 0.352 e. The second-order valence-corrected chi connectivity index (χ2v) is 9.06. The highest BCUT2D eigenvalue weighted by atomic mass is 32.2. The van der Waals surface area contributed by atoms with Crippen molar-refractivity contribution in [2.75, 3.05) is 18.8 Å². The van der Waals surface area contributed by atoms with Crippen molar-refractivity contribution in [2.24, 2.45) is 5.92 Å². The second-order valence-electron chi connectivity index (χ2n) is 6.80. The molecule has 1 fully saturated rings. The summed E-state index contributed by atoms with van der Waals surface area (Å²) in [6, 6.07) is 7.99. The van der Waals surface area contributed by atoms with Crippen LogP contribution in [-0.4, -0.2) is 47.0 Å². The van der Waals surface area contributed by atoms with Crippen LogP contribution in [0.15, 0.2) is 36.7 Å². The first kappa shape index (κ1) is 19.6. The summed E-state index contributed by atoms with van der Waals surface area (Å²) in [5.41, 5.74) is 2.06. The van der Waals surface area contributed by atoms with Gasteiger partial charge < -0.3 is 9.88 Å². The molecule has 27 heavy (non-hydrogen) atoms. The predicted octanol–water partition coefficient (Wildman–Crippen LogP) is 1.86. The molecular weight excluding hydrogens is 364 g/mol. The maximum atomic E-state index is 12.4. The standard InChI is InChI=1S/C19H26N4O3S/c1-3-27(25,26)22-11-8-17(9-12-22)19(24)21-14-16-4-6-18(7-5-16)23-13-10-20-15(23)2/h4-7,10,13,17H,3,8-9,11-12,14H2,1-2H3,(H,21,24). The molecule has 1 aromatic carbocycles. The quantitative estimate of drug-likeness (QED) is 0.816. The molecule has 1 aliphatic heterocycles. The molecule has 2 heterocycles. The second kappa shape index (κ2) is 8.22. The van der Waals surface area contributed by atoms with E-state index in [4.69, 9.17) is 0 Å². The summed E-state index contributed by atoms with van der Waals surface area (Å²) in [5.74, 6) is 0.907. The van der Waals surface area contributed by atoms with Gasteiger partial charge in [0, 0.05) is 43.6 Å². The molecule has 1 aromatic heterocycles. The Bertz CT molecular complexity index is 882. The molecule has 1 aliphatic rings. The normalized spacial score (nSPS) is 16.4. The van der Waals surface area contributed by atoms with Crippen molar-refractivity contribution in [1.82, 2.24) is 19.2 Å². The van der Waals surface area contributed by atoms with E-state index >= 15 is 0 Å². The van der Waals surface area contributed by atoms with Crippen molar-refractivity contribution in [1.29, 1.82) is 0 Å². The molecule has 8 heteroatoms. The van der Waals surface area contributed by atoms with Gasteiger partial charge in [-0.1, -0.05) is 12.1 Å². The molecule has 7 nitrogen and oxygen atoms in total. The number of amides is 1. The first-order chi connectivity index (χ1) is 12.9. The van der Waals surface area contributed by atoms with Crippen LogP contribution in [0.2, 0.25) is 0 Å². The summed E-state index contributed by atoms with van der Waals surface area (Å²) in [4.78, 5) is 16.6. The van der Waals surface area contributed by atoms with Crippen LogP contribution < -0.4 is 5.32 Å². The number of carbonyl (C=O) groups excluding carboxylic acids is 1. The molecule has 1 N–H and O–H groups in total.